The van der Waals surface area contributed by atoms with Crippen molar-refractivity contribution in [2.75, 3.05) is 5.32 Å². The van der Waals surface area contributed by atoms with Crippen LogP contribution in [0.4, 0.5) is 23.7 Å². The van der Waals surface area contributed by atoms with E-state index in [1.165, 1.54) is 12.1 Å². The summed E-state index contributed by atoms with van der Waals surface area (Å²) < 4.78 is 39.1. The van der Waals surface area contributed by atoms with Gasteiger partial charge in [0.15, 0.2) is 0 Å². The maximum atomic E-state index is 13.0. The predicted molar refractivity (Wildman–Crippen MR) is 119 cm³/mol. The van der Waals surface area contributed by atoms with E-state index >= 15 is 0 Å². The van der Waals surface area contributed by atoms with Crippen LogP contribution in [0.25, 0.3) is 0 Å². The predicted octanol–water partition coefficient (Wildman–Crippen LogP) is 4.77. The Morgan fingerprint density at radius 1 is 1.09 bits per heavy atom. The molecule has 0 saturated heterocycles. The fraction of sp³-hybridized carbons (Fsp3) is 0.391. The van der Waals surface area contributed by atoms with Gasteiger partial charge in [-0.05, 0) is 61.7 Å². The van der Waals surface area contributed by atoms with Crippen molar-refractivity contribution >= 4 is 17.6 Å². The van der Waals surface area contributed by atoms with Crippen molar-refractivity contribution in [2.24, 2.45) is 5.73 Å². The van der Waals surface area contributed by atoms with E-state index in [1.807, 2.05) is 6.92 Å². The SMILES string of the molecule is CC(N[C@@H]1CCCCC1NC(=O)Nc1ccc(C(=N)N)cc1)c1cccc(C(F)(F)F)c1. The van der Waals surface area contributed by atoms with Crippen LogP contribution in [0.3, 0.4) is 0 Å². The van der Waals surface area contributed by atoms with E-state index in [0.29, 0.717) is 16.8 Å². The van der Waals surface area contributed by atoms with Gasteiger partial charge in [0.25, 0.3) is 0 Å². The molecule has 3 atom stereocenters. The molecule has 3 rings (SSSR count). The minimum absolute atomic E-state index is 0.0491. The first-order valence-electron chi connectivity index (χ1n) is 10.6. The van der Waals surface area contributed by atoms with Gasteiger partial charge in [-0.25, -0.2) is 4.79 Å². The second kappa shape index (κ2) is 10.0. The Labute approximate surface area is 185 Å². The van der Waals surface area contributed by atoms with Crippen LogP contribution in [0, 0.1) is 5.41 Å². The molecule has 0 radical (unpaired) electrons. The quantitative estimate of drug-likeness (QED) is 0.325. The third kappa shape index (κ3) is 6.23. The number of nitrogens with two attached hydrogens (primary N) is 1. The van der Waals surface area contributed by atoms with Crippen molar-refractivity contribution in [3.63, 3.8) is 0 Å². The average molecular weight is 448 g/mol. The first kappa shape index (κ1) is 23.6. The Hall–Kier alpha value is -3.07. The normalized spacial score (nSPS) is 19.8. The van der Waals surface area contributed by atoms with Gasteiger partial charge in [-0.1, -0.05) is 25.0 Å². The minimum atomic E-state index is -4.38. The molecule has 2 aromatic carbocycles. The molecule has 2 unspecified atom stereocenters. The van der Waals surface area contributed by atoms with Crippen molar-refractivity contribution in [2.45, 2.75) is 56.9 Å². The summed E-state index contributed by atoms with van der Waals surface area (Å²) in [6.45, 7) is 1.83. The molecule has 0 heterocycles. The van der Waals surface area contributed by atoms with Gasteiger partial charge < -0.3 is 21.7 Å². The van der Waals surface area contributed by atoms with Crippen LogP contribution in [0.15, 0.2) is 48.5 Å². The highest BCUT2D eigenvalue weighted by molar-refractivity contribution is 5.96. The number of benzene rings is 2. The number of anilines is 1. The van der Waals surface area contributed by atoms with Crippen molar-refractivity contribution in [1.29, 1.82) is 5.41 Å². The van der Waals surface area contributed by atoms with Crippen LogP contribution >= 0.6 is 0 Å². The minimum Gasteiger partial charge on any atom is -0.384 e. The van der Waals surface area contributed by atoms with Crippen LogP contribution in [-0.2, 0) is 6.18 Å². The van der Waals surface area contributed by atoms with E-state index in [9.17, 15) is 18.0 Å². The van der Waals surface area contributed by atoms with Crippen LogP contribution in [0.1, 0.15) is 55.3 Å². The largest absolute Gasteiger partial charge is 0.416 e. The number of hydrogen-bond donors (Lipinski definition) is 5. The second-order valence-electron chi connectivity index (χ2n) is 8.10. The molecule has 0 bridgehead atoms. The summed E-state index contributed by atoms with van der Waals surface area (Å²) in [6.07, 6.45) is -0.829. The summed E-state index contributed by atoms with van der Waals surface area (Å²) in [5, 5.41) is 16.6. The molecule has 0 aromatic heterocycles. The van der Waals surface area contributed by atoms with Gasteiger partial charge in [0.2, 0.25) is 0 Å². The second-order valence-corrected chi connectivity index (χ2v) is 8.10. The summed E-state index contributed by atoms with van der Waals surface area (Å²) in [5.74, 6) is -0.0491. The number of halogens is 3. The number of hydrogen-bond acceptors (Lipinski definition) is 3. The van der Waals surface area contributed by atoms with Gasteiger partial charge in [0, 0.05) is 29.4 Å². The first-order valence-corrected chi connectivity index (χ1v) is 10.6. The van der Waals surface area contributed by atoms with Gasteiger partial charge in [-0.3, -0.25) is 5.41 Å². The maximum absolute atomic E-state index is 13.0. The molecule has 2 amide bonds. The average Bonchev–Trinajstić information content (AvgIpc) is 2.75. The standard InChI is InChI=1S/C23H28F3N5O/c1-14(16-5-4-6-17(13-16)23(24,25)26)29-19-7-2-3-8-20(19)31-22(32)30-18-11-9-15(10-12-18)21(27)28/h4-6,9-14,19-20,29H,2-3,7-8H2,1H3,(H3,27,28)(H2,30,31,32)/t14?,19-,20?/m1/s1. The summed E-state index contributed by atoms with van der Waals surface area (Å²) >= 11 is 0. The fourth-order valence-corrected chi connectivity index (χ4v) is 3.97. The molecular weight excluding hydrogens is 419 g/mol. The maximum Gasteiger partial charge on any atom is 0.416 e. The van der Waals surface area contributed by atoms with Gasteiger partial charge in [-0.15, -0.1) is 0 Å². The van der Waals surface area contributed by atoms with Crippen molar-refractivity contribution in [1.82, 2.24) is 10.6 Å². The topological polar surface area (TPSA) is 103 Å². The van der Waals surface area contributed by atoms with Gasteiger partial charge >= 0.3 is 12.2 Å². The number of carbonyl (C=O) groups excluding carboxylic acids is 1. The lowest BCUT2D eigenvalue weighted by molar-refractivity contribution is -0.137. The molecule has 172 valence electrons. The molecule has 9 heteroatoms. The Morgan fingerprint density at radius 2 is 1.75 bits per heavy atom. The van der Waals surface area contributed by atoms with E-state index in [0.717, 1.165) is 31.7 Å². The molecule has 1 saturated carbocycles. The summed E-state index contributed by atoms with van der Waals surface area (Å²) in [4.78, 5) is 12.5. The highest BCUT2D eigenvalue weighted by Gasteiger charge is 2.32. The van der Waals surface area contributed by atoms with E-state index in [4.69, 9.17) is 11.1 Å². The highest BCUT2D eigenvalue weighted by Crippen LogP contribution is 2.31. The van der Waals surface area contributed by atoms with Crippen LogP contribution in [-0.4, -0.2) is 24.0 Å². The molecule has 0 spiro atoms. The molecule has 0 aliphatic heterocycles. The van der Waals surface area contributed by atoms with E-state index in [1.54, 1.807) is 30.3 Å². The van der Waals surface area contributed by atoms with Crippen LogP contribution in [0.5, 0.6) is 0 Å². The zero-order chi connectivity index (χ0) is 23.3. The number of nitrogens with one attached hydrogen (secondary N) is 4. The van der Waals surface area contributed by atoms with E-state index in [-0.39, 0.29) is 30.0 Å². The lowest BCUT2D eigenvalue weighted by Gasteiger charge is -2.35. The molecule has 6 nitrogen and oxygen atoms in total. The summed E-state index contributed by atoms with van der Waals surface area (Å²) in [7, 11) is 0. The molecule has 6 N–H and O–H groups in total. The molecule has 32 heavy (non-hydrogen) atoms. The lowest BCUT2D eigenvalue weighted by atomic mass is 9.89. The molecule has 1 aliphatic carbocycles. The fourth-order valence-electron chi connectivity index (χ4n) is 3.97. The number of nitrogen functional groups attached to an aromatic ring is 1. The van der Waals surface area contributed by atoms with E-state index in [2.05, 4.69) is 16.0 Å². The number of amidine groups is 1. The summed E-state index contributed by atoms with van der Waals surface area (Å²) in [6, 6.07) is 11.1. The molecular formula is C23H28F3N5O. The van der Waals surface area contributed by atoms with Crippen molar-refractivity contribution in [3.05, 3.63) is 65.2 Å². The van der Waals surface area contributed by atoms with Crippen LogP contribution in [0.2, 0.25) is 0 Å². The zero-order valence-electron chi connectivity index (χ0n) is 17.8. The Morgan fingerprint density at radius 3 is 2.38 bits per heavy atom. The summed E-state index contributed by atoms with van der Waals surface area (Å²) in [5.41, 5.74) is 6.46. The number of carbonyl (C=O) groups is 1. The van der Waals surface area contributed by atoms with Gasteiger partial charge in [0.05, 0.1) is 5.56 Å². The Kier molecular flexibility index (Phi) is 7.40. The zero-order valence-corrected chi connectivity index (χ0v) is 17.8. The van der Waals surface area contributed by atoms with Crippen LogP contribution < -0.4 is 21.7 Å². The van der Waals surface area contributed by atoms with E-state index < -0.39 is 11.7 Å². The molecule has 2 aromatic rings. The lowest BCUT2D eigenvalue weighted by Crippen LogP contribution is -2.53. The number of amides is 2. The van der Waals surface area contributed by atoms with Gasteiger partial charge in [0.1, 0.15) is 5.84 Å². The first-order chi connectivity index (χ1) is 15.1. The smallest absolute Gasteiger partial charge is 0.384 e. The monoisotopic (exact) mass is 447 g/mol. The van der Waals surface area contributed by atoms with Gasteiger partial charge in [-0.2, -0.15) is 13.2 Å². The van der Waals surface area contributed by atoms with Crippen molar-refractivity contribution < 1.29 is 18.0 Å². The van der Waals surface area contributed by atoms with Crippen molar-refractivity contribution in [3.8, 4) is 0 Å². The molecule has 1 aliphatic rings. The number of rotatable bonds is 6. The Balaban J connectivity index is 1.61. The third-order valence-electron chi connectivity index (χ3n) is 5.71. The number of urea groups is 1. The Bertz CT molecular complexity index is 945. The highest BCUT2D eigenvalue weighted by atomic mass is 19.4. The molecule has 1 fully saturated rings. The third-order valence-corrected chi connectivity index (χ3v) is 5.71. The number of alkyl halides is 3.